The Morgan fingerprint density at radius 2 is 1.93 bits per heavy atom. The van der Waals surface area contributed by atoms with Crippen molar-refractivity contribution in [2.75, 3.05) is 46.3 Å². The number of benzene rings is 1. The van der Waals surface area contributed by atoms with E-state index in [0.717, 1.165) is 98.8 Å². The van der Waals surface area contributed by atoms with Crippen molar-refractivity contribution in [1.29, 1.82) is 0 Å². The fourth-order valence-electron chi connectivity index (χ4n) is 5.84. The van der Waals surface area contributed by atoms with Crippen LogP contribution in [0.25, 0.3) is 10.9 Å². The lowest BCUT2D eigenvalue weighted by Gasteiger charge is -2.43. The van der Waals surface area contributed by atoms with Gasteiger partial charge in [-0.3, -0.25) is 15.0 Å². The predicted molar refractivity (Wildman–Crippen MR) is 168 cm³/mol. The molecule has 1 aromatic heterocycles. The van der Waals surface area contributed by atoms with Gasteiger partial charge in [0.15, 0.2) is 0 Å². The van der Waals surface area contributed by atoms with Crippen molar-refractivity contribution in [1.82, 2.24) is 24.9 Å². The Balaban J connectivity index is 1.19. The van der Waals surface area contributed by atoms with Crippen molar-refractivity contribution in [3.63, 3.8) is 0 Å². The number of nitrogens with one attached hydrogen (secondary N) is 1. The topological polar surface area (TPSA) is 98.6 Å². The maximum absolute atomic E-state index is 12.4. The average Bonchev–Trinajstić information content (AvgIpc) is 3.52. The molecule has 3 aliphatic rings. The number of aromatic amines is 1. The first kappa shape index (κ1) is 30.1. The summed E-state index contributed by atoms with van der Waals surface area (Å²) in [6, 6.07) is 6.42. The molecule has 1 atom stereocenters. The normalized spacial score (nSPS) is 22.4. The van der Waals surface area contributed by atoms with Gasteiger partial charge in [-0.1, -0.05) is 0 Å². The summed E-state index contributed by atoms with van der Waals surface area (Å²) in [5.74, 6) is 2.24. The van der Waals surface area contributed by atoms with E-state index in [1.807, 2.05) is 43.9 Å². The minimum atomic E-state index is -0.459. The molecule has 1 N–H and O–H groups in total. The third kappa shape index (κ3) is 7.14. The highest BCUT2D eigenvalue weighted by molar-refractivity contribution is 6.15. The van der Waals surface area contributed by atoms with Crippen LogP contribution >= 0.6 is 0 Å². The van der Waals surface area contributed by atoms with Crippen molar-refractivity contribution in [2.24, 2.45) is 15.9 Å². The number of aliphatic imine (C=N–C) groups is 2. The summed E-state index contributed by atoms with van der Waals surface area (Å²) in [6.45, 7) is 19.3. The Labute approximate surface area is 249 Å². The van der Waals surface area contributed by atoms with Gasteiger partial charge in [0, 0.05) is 63.8 Å². The molecule has 3 fully saturated rings. The fourth-order valence-corrected chi connectivity index (χ4v) is 5.84. The smallest absolute Gasteiger partial charge is 0.410 e. The third-order valence-corrected chi connectivity index (χ3v) is 8.61. The summed E-state index contributed by atoms with van der Waals surface area (Å²) in [7, 11) is 1.79. The molecule has 1 saturated carbocycles. The summed E-state index contributed by atoms with van der Waals surface area (Å²) in [5, 5.41) is 8.72. The number of fused-ring (bicyclic) bond motifs is 1. The molecule has 2 aliphatic heterocycles. The largest absolute Gasteiger partial charge is 0.488 e. The molecule has 0 spiro atoms. The Kier molecular flexibility index (Phi) is 8.64. The van der Waals surface area contributed by atoms with Crippen molar-refractivity contribution in [2.45, 2.75) is 77.5 Å². The van der Waals surface area contributed by atoms with Gasteiger partial charge in [0.2, 0.25) is 0 Å². The zero-order chi connectivity index (χ0) is 30.1. The third-order valence-electron chi connectivity index (χ3n) is 8.61. The zero-order valence-corrected chi connectivity index (χ0v) is 26.2. The summed E-state index contributed by atoms with van der Waals surface area (Å²) in [5.41, 5.74) is 1.98. The van der Waals surface area contributed by atoms with E-state index in [2.05, 4.69) is 56.6 Å². The van der Waals surface area contributed by atoms with Gasteiger partial charge in [-0.2, -0.15) is 5.10 Å². The summed E-state index contributed by atoms with van der Waals surface area (Å²) >= 11 is 0. The molecule has 1 amide bonds. The van der Waals surface area contributed by atoms with Gasteiger partial charge >= 0.3 is 6.09 Å². The molecule has 3 heterocycles. The predicted octanol–water partition coefficient (Wildman–Crippen LogP) is 5.11. The highest BCUT2D eigenvalue weighted by Gasteiger charge is 2.40. The van der Waals surface area contributed by atoms with Crippen LogP contribution in [0, 0.1) is 5.92 Å². The van der Waals surface area contributed by atoms with E-state index in [4.69, 9.17) is 9.47 Å². The number of piperidine rings is 1. The number of allylic oxidation sites excluding steroid dienone is 1. The first-order valence-corrected chi connectivity index (χ1v) is 15.3. The van der Waals surface area contributed by atoms with E-state index in [1.165, 1.54) is 0 Å². The van der Waals surface area contributed by atoms with Crippen LogP contribution in [0.5, 0.6) is 5.75 Å². The maximum atomic E-state index is 12.4. The van der Waals surface area contributed by atoms with Crippen molar-refractivity contribution >= 4 is 29.4 Å². The van der Waals surface area contributed by atoms with Crippen molar-refractivity contribution in [3.05, 3.63) is 35.8 Å². The zero-order valence-electron chi connectivity index (χ0n) is 26.2. The number of carbonyl (C=O) groups excluding carboxylic acids is 1. The Hall–Kier alpha value is -3.40. The first-order chi connectivity index (χ1) is 20.0. The van der Waals surface area contributed by atoms with Crippen LogP contribution in [0.2, 0.25) is 0 Å². The summed E-state index contributed by atoms with van der Waals surface area (Å²) < 4.78 is 11.8. The second-order valence-electron chi connectivity index (χ2n) is 13.3. The average molecular weight is 578 g/mol. The monoisotopic (exact) mass is 577 g/mol. The van der Waals surface area contributed by atoms with Crippen LogP contribution < -0.4 is 4.74 Å². The number of hydrogen-bond acceptors (Lipinski definition) is 8. The fraction of sp³-hybridized carbons (Fsp3) is 0.625. The molecule has 0 unspecified atom stereocenters. The van der Waals surface area contributed by atoms with Crippen LogP contribution in [-0.4, -0.2) is 107 Å². The van der Waals surface area contributed by atoms with E-state index in [-0.39, 0.29) is 11.7 Å². The molecule has 0 bridgehead atoms. The van der Waals surface area contributed by atoms with Gasteiger partial charge in [-0.05, 0) is 91.1 Å². The lowest BCUT2D eigenvalue weighted by atomic mass is 9.95. The maximum Gasteiger partial charge on any atom is 0.410 e. The quantitative estimate of drug-likeness (QED) is 0.438. The van der Waals surface area contributed by atoms with Crippen LogP contribution in [0.4, 0.5) is 4.79 Å². The van der Waals surface area contributed by atoms with Gasteiger partial charge in [0.25, 0.3) is 0 Å². The number of amides is 1. The Bertz CT molecular complexity index is 1350. The van der Waals surface area contributed by atoms with Crippen LogP contribution in [-0.2, 0) is 4.74 Å². The molecular formula is C32H47N7O3. The second kappa shape index (κ2) is 12.1. The summed E-state index contributed by atoms with van der Waals surface area (Å²) in [6.07, 6.45) is 5.98. The number of rotatable bonds is 8. The molecule has 2 saturated heterocycles. The van der Waals surface area contributed by atoms with E-state index >= 15 is 0 Å². The number of H-pyrrole nitrogens is 1. The van der Waals surface area contributed by atoms with Gasteiger partial charge in [-0.25, -0.2) is 9.79 Å². The molecule has 5 rings (SSSR count). The Morgan fingerprint density at radius 1 is 1.19 bits per heavy atom. The van der Waals surface area contributed by atoms with Gasteiger partial charge in [0.05, 0.1) is 11.2 Å². The number of hydrogen-bond donors (Lipinski definition) is 1. The molecule has 1 aliphatic carbocycles. The van der Waals surface area contributed by atoms with Crippen LogP contribution in [0.15, 0.2) is 40.1 Å². The molecule has 42 heavy (non-hydrogen) atoms. The summed E-state index contributed by atoms with van der Waals surface area (Å²) in [4.78, 5) is 28.2. The number of piperazine rings is 1. The van der Waals surface area contributed by atoms with E-state index < -0.39 is 5.60 Å². The minimum absolute atomic E-state index is 0.0463. The number of aromatic nitrogens is 2. The number of likely N-dealkylation sites (tertiary alicyclic amines) is 1. The minimum Gasteiger partial charge on any atom is -0.488 e. The van der Waals surface area contributed by atoms with Gasteiger partial charge in [0.1, 0.15) is 28.5 Å². The standard InChI is InChI=1S/C32H47N7O3/c1-22-20-39(17-16-38(22)21-23-10-14-37(15-11-23)30(40)42-31(2,3)4)28(34-7)19-27(33-6)29-25-18-24(41-32(5)12-13-32)8-9-26(25)35-36-29/h8-9,18-19,22-23H,7,10-17,20-21H2,1-6H3,(H,35,36)/b28-19+,33-27+/t22-/m0/s1. The lowest BCUT2D eigenvalue weighted by molar-refractivity contribution is 0.0144. The molecule has 0 radical (unpaired) electrons. The molecule has 10 nitrogen and oxygen atoms in total. The van der Waals surface area contributed by atoms with Crippen molar-refractivity contribution < 1.29 is 14.3 Å². The highest BCUT2D eigenvalue weighted by atomic mass is 16.6. The molecule has 228 valence electrons. The lowest BCUT2D eigenvalue weighted by Crippen LogP contribution is -2.53. The van der Waals surface area contributed by atoms with E-state index in [9.17, 15) is 4.79 Å². The van der Waals surface area contributed by atoms with Crippen molar-refractivity contribution in [3.8, 4) is 5.75 Å². The Morgan fingerprint density at radius 3 is 2.55 bits per heavy atom. The molecule has 1 aromatic carbocycles. The first-order valence-electron chi connectivity index (χ1n) is 15.3. The highest BCUT2D eigenvalue weighted by Crippen LogP contribution is 2.40. The molecule has 2 aromatic rings. The number of carbonyl (C=O) groups is 1. The van der Waals surface area contributed by atoms with Gasteiger partial charge < -0.3 is 19.3 Å². The number of nitrogens with zero attached hydrogens (tertiary/aromatic N) is 6. The van der Waals surface area contributed by atoms with E-state index in [0.29, 0.717) is 12.0 Å². The SMILES string of the molecule is C=N/C(=C\C(=N/C)c1n[nH]c2ccc(OC3(C)CC3)cc12)N1CCN(CC2CCN(C(=O)OC(C)(C)C)CC2)[C@@H](C)C1. The number of ether oxygens (including phenoxy) is 2. The molecular weight excluding hydrogens is 530 g/mol. The van der Waals surface area contributed by atoms with Gasteiger partial charge in [-0.15, -0.1) is 0 Å². The van der Waals surface area contributed by atoms with Crippen LogP contribution in [0.3, 0.4) is 0 Å². The van der Waals surface area contributed by atoms with Crippen LogP contribution in [0.1, 0.15) is 66.0 Å². The van der Waals surface area contributed by atoms with E-state index in [1.54, 1.807) is 7.05 Å². The second-order valence-corrected chi connectivity index (χ2v) is 13.3. The molecule has 10 heteroatoms.